The Labute approximate surface area is 133 Å². The number of hydrogen-bond donors (Lipinski definition) is 0. The summed E-state index contributed by atoms with van der Waals surface area (Å²) >= 11 is 6.16. The van der Waals surface area contributed by atoms with Crippen molar-refractivity contribution in [2.75, 3.05) is 13.1 Å². The summed E-state index contributed by atoms with van der Waals surface area (Å²) < 4.78 is 5.56. The van der Waals surface area contributed by atoms with Gasteiger partial charge in [-0.2, -0.15) is 0 Å². The molecule has 114 valence electrons. The molecule has 0 radical (unpaired) electrons. The summed E-state index contributed by atoms with van der Waals surface area (Å²) in [4.78, 5) is 25.3. The molecule has 5 heteroatoms. The van der Waals surface area contributed by atoms with Crippen molar-refractivity contribution in [3.63, 3.8) is 0 Å². The fourth-order valence-corrected chi connectivity index (χ4v) is 2.98. The number of esters is 1. The number of amides is 1. The molecule has 0 bridgehead atoms. The van der Waals surface area contributed by atoms with Gasteiger partial charge >= 0.3 is 5.97 Å². The molecule has 2 aromatic rings. The maximum absolute atomic E-state index is 12.3. The fraction of sp³-hybridized carbons (Fsp3) is 0.294. The molecule has 0 saturated carbocycles. The van der Waals surface area contributed by atoms with Crippen LogP contribution in [0.15, 0.2) is 36.4 Å². The minimum Gasteiger partial charge on any atom is -0.426 e. The quantitative estimate of drug-likeness (QED) is 0.631. The second kappa shape index (κ2) is 5.97. The summed E-state index contributed by atoms with van der Waals surface area (Å²) in [6, 6.07) is 11.0. The van der Waals surface area contributed by atoms with Gasteiger partial charge in [0.25, 0.3) is 0 Å². The van der Waals surface area contributed by atoms with Crippen LogP contribution in [0.3, 0.4) is 0 Å². The molecule has 0 spiro atoms. The van der Waals surface area contributed by atoms with E-state index in [4.69, 9.17) is 16.3 Å². The van der Waals surface area contributed by atoms with Crippen molar-refractivity contribution >= 4 is 34.2 Å². The molecular formula is C17H16ClNO3. The molecule has 0 aliphatic carbocycles. The minimum absolute atomic E-state index is 0.00718. The number of rotatable bonds is 2. The van der Waals surface area contributed by atoms with Gasteiger partial charge in [0.15, 0.2) is 0 Å². The molecule has 1 aliphatic rings. The first-order valence-corrected chi connectivity index (χ1v) is 7.58. The average molecular weight is 318 g/mol. The zero-order valence-electron chi connectivity index (χ0n) is 12.2. The number of likely N-dealkylation sites (tertiary alicyclic amines) is 1. The average Bonchev–Trinajstić information content (AvgIpc) is 3.01. The lowest BCUT2D eigenvalue weighted by molar-refractivity contribution is -0.138. The van der Waals surface area contributed by atoms with E-state index in [9.17, 15) is 9.59 Å². The Bertz CT molecular complexity index is 744. The van der Waals surface area contributed by atoms with Crippen molar-refractivity contribution in [2.24, 2.45) is 5.92 Å². The van der Waals surface area contributed by atoms with Gasteiger partial charge in [0.05, 0.1) is 5.92 Å². The maximum atomic E-state index is 12.3. The highest BCUT2D eigenvalue weighted by Gasteiger charge is 2.31. The van der Waals surface area contributed by atoms with Gasteiger partial charge in [-0.25, -0.2) is 0 Å². The highest BCUT2D eigenvalue weighted by molar-refractivity contribution is 6.35. The second-order valence-electron chi connectivity index (χ2n) is 5.46. The maximum Gasteiger partial charge on any atom is 0.316 e. The minimum atomic E-state index is -0.295. The lowest BCUT2D eigenvalue weighted by Gasteiger charge is -2.14. The zero-order valence-corrected chi connectivity index (χ0v) is 13.0. The van der Waals surface area contributed by atoms with Gasteiger partial charge in [-0.1, -0.05) is 35.9 Å². The topological polar surface area (TPSA) is 46.6 Å². The van der Waals surface area contributed by atoms with Crippen LogP contribution >= 0.6 is 11.6 Å². The number of hydrogen-bond acceptors (Lipinski definition) is 3. The van der Waals surface area contributed by atoms with Crippen molar-refractivity contribution in [2.45, 2.75) is 13.3 Å². The molecule has 4 nitrogen and oxygen atoms in total. The molecule has 1 atom stereocenters. The molecule has 1 fully saturated rings. The zero-order chi connectivity index (χ0) is 15.7. The van der Waals surface area contributed by atoms with Crippen LogP contribution in [0.1, 0.15) is 13.3 Å². The van der Waals surface area contributed by atoms with E-state index >= 15 is 0 Å². The summed E-state index contributed by atoms with van der Waals surface area (Å²) in [5.41, 5.74) is 0. The molecular weight excluding hydrogens is 302 g/mol. The molecule has 22 heavy (non-hydrogen) atoms. The van der Waals surface area contributed by atoms with Crippen molar-refractivity contribution in [3.05, 3.63) is 41.4 Å². The van der Waals surface area contributed by atoms with E-state index in [-0.39, 0.29) is 17.8 Å². The van der Waals surface area contributed by atoms with Gasteiger partial charge in [-0.3, -0.25) is 9.59 Å². The molecule has 1 amide bonds. The highest BCUT2D eigenvalue weighted by atomic mass is 35.5. The Balaban J connectivity index is 1.81. The Hall–Kier alpha value is -2.07. The van der Waals surface area contributed by atoms with Gasteiger partial charge < -0.3 is 9.64 Å². The van der Waals surface area contributed by atoms with Crippen LogP contribution in [0.4, 0.5) is 0 Å². The van der Waals surface area contributed by atoms with Crippen molar-refractivity contribution in [3.8, 4) is 5.75 Å². The smallest absolute Gasteiger partial charge is 0.316 e. The SMILES string of the molecule is CC(=O)N1CC[C@@H](C(=O)Oc2ccc(Cl)c3ccccc23)C1. The van der Waals surface area contributed by atoms with Gasteiger partial charge in [0.2, 0.25) is 5.91 Å². The molecule has 1 heterocycles. The molecule has 0 N–H and O–H groups in total. The molecule has 1 saturated heterocycles. The van der Waals surface area contributed by atoms with Crippen LogP contribution in [0.25, 0.3) is 10.8 Å². The second-order valence-corrected chi connectivity index (χ2v) is 5.87. The molecule has 0 aromatic heterocycles. The Morgan fingerprint density at radius 1 is 1.18 bits per heavy atom. The van der Waals surface area contributed by atoms with Gasteiger partial charge in [-0.05, 0) is 18.6 Å². The van der Waals surface area contributed by atoms with E-state index < -0.39 is 0 Å². The Morgan fingerprint density at radius 2 is 1.91 bits per heavy atom. The van der Waals surface area contributed by atoms with Crippen LogP contribution in [0, 0.1) is 5.92 Å². The van der Waals surface area contributed by atoms with E-state index in [1.54, 1.807) is 17.0 Å². The Kier molecular flexibility index (Phi) is 4.03. The van der Waals surface area contributed by atoms with Crippen LogP contribution in [0.5, 0.6) is 5.75 Å². The fourth-order valence-electron chi connectivity index (χ4n) is 2.75. The van der Waals surface area contributed by atoms with Crippen molar-refractivity contribution in [1.82, 2.24) is 4.90 Å². The summed E-state index contributed by atoms with van der Waals surface area (Å²) in [6.45, 7) is 2.55. The number of benzene rings is 2. The molecule has 1 aliphatic heterocycles. The van der Waals surface area contributed by atoms with Crippen molar-refractivity contribution < 1.29 is 14.3 Å². The van der Waals surface area contributed by atoms with Crippen LogP contribution in [-0.4, -0.2) is 29.9 Å². The van der Waals surface area contributed by atoms with Crippen LogP contribution < -0.4 is 4.74 Å². The third kappa shape index (κ3) is 2.79. The van der Waals surface area contributed by atoms with E-state index in [0.717, 1.165) is 10.8 Å². The first kappa shape index (κ1) is 14.9. The number of fused-ring (bicyclic) bond motifs is 1. The lowest BCUT2D eigenvalue weighted by Crippen LogP contribution is -2.29. The Morgan fingerprint density at radius 3 is 2.59 bits per heavy atom. The predicted octanol–water partition coefficient (Wildman–Crippen LogP) is 3.27. The summed E-state index contributed by atoms with van der Waals surface area (Å²) in [5, 5.41) is 2.29. The van der Waals surface area contributed by atoms with E-state index in [1.165, 1.54) is 6.92 Å². The lowest BCUT2D eigenvalue weighted by atomic mass is 10.1. The first-order chi connectivity index (χ1) is 10.6. The normalized spacial score (nSPS) is 17.7. The van der Waals surface area contributed by atoms with Crippen molar-refractivity contribution in [1.29, 1.82) is 0 Å². The number of halogens is 1. The number of carbonyl (C=O) groups excluding carboxylic acids is 2. The number of ether oxygens (including phenoxy) is 1. The highest BCUT2D eigenvalue weighted by Crippen LogP contribution is 2.32. The largest absolute Gasteiger partial charge is 0.426 e. The predicted molar refractivity (Wildman–Crippen MR) is 85.0 cm³/mol. The summed E-state index contributed by atoms with van der Waals surface area (Å²) in [5.74, 6) is -0.0620. The van der Waals surface area contributed by atoms with Gasteiger partial charge in [0.1, 0.15) is 5.75 Å². The number of carbonyl (C=O) groups is 2. The summed E-state index contributed by atoms with van der Waals surface area (Å²) in [7, 11) is 0. The van der Waals surface area contributed by atoms with E-state index in [0.29, 0.717) is 30.3 Å². The first-order valence-electron chi connectivity index (χ1n) is 7.20. The van der Waals surface area contributed by atoms with E-state index in [1.807, 2.05) is 24.3 Å². The monoisotopic (exact) mass is 317 g/mol. The third-order valence-corrected chi connectivity index (χ3v) is 4.34. The van der Waals surface area contributed by atoms with Gasteiger partial charge in [0, 0.05) is 35.8 Å². The van der Waals surface area contributed by atoms with E-state index in [2.05, 4.69) is 0 Å². The van der Waals surface area contributed by atoms with Crippen LogP contribution in [0.2, 0.25) is 5.02 Å². The molecule has 0 unspecified atom stereocenters. The van der Waals surface area contributed by atoms with Gasteiger partial charge in [-0.15, -0.1) is 0 Å². The third-order valence-electron chi connectivity index (χ3n) is 4.01. The summed E-state index contributed by atoms with van der Waals surface area (Å²) in [6.07, 6.45) is 0.643. The molecule has 2 aromatic carbocycles. The molecule has 3 rings (SSSR count). The number of nitrogens with zero attached hydrogens (tertiary/aromatic N) is 1. The standard InChI is InChI=1S/C17H16ClNO3/c1-11(20)19-9-8-12(10-19)17(21)22-16-7-6-15(18)13-4-2-3-5-14(13)16/h2-7,12H,8-10H2,1H3/t12-/m1/s1. The van der Waals surface area contributed by atoms with Crippen LogP contribution in [-0.2, 0) is 9.59 Å².